The maximum absolute atomic E-state index is 12.5. The fourth-order valence-corrected chi connectivity index (χ4v) is 2.84. The Morgan fingerprint density at radius 3 is 2.68 bits per heavy atom. The molecule has 0 aromatic carbocycles. The summed E-state index contributed by atoms with van der Waals surface area (Å²) in [5.41, 5.74) is -0.253. The molecule has 2 heterocycles. The number of hydrogen-bond acceptors (Lipinski definition) is 4. The zero-order valence-electron chi connectivity index (χ0n) is 10.7. The van der Waals surface area contributed by atoms with E-state index in [1.54, 1.807) is 0 Å². The highest BCUT2D eigenvalue weighted by atomic mass is 35.5. The van der Waals surface area contributed by atoms with Gasteiger partial charge in [0, 0.05) is 0 Å². The van der Waals surface area contributed by atoms with Crippen molar-refractivity contribution in [3.05, 3.63) is 16.6 Å². The van der Waals surface area contributed by atoms with Crippen LogP contribution in [0.15, 0.2) is 6.33 Å². The number of nitrogens with zero attached hydrogens (tertiary/aromatic N) is 2. The standard InChI is InChI=1S/C12H16Cl2N4O/c1-2-4-12(5-3-6-17-12)11(19)18-8-9(13)15-7-16-10(8)14/h7,17H,2-6H2,1H3,(H,18,19). The highest BCUT2D eigenvalue weighted by Gasteiger charge is 2.40. The zero-order valence-corrected chi connectivity index (χ0v) is 12.2. The normalized spacial score (nSPS) is 22.5. The summed E-state index contributed by atoms with van der Waals surface area (Å²) in [6.45, 7) is 2.90. The van der Waals surface area contributed by atoms with E-state index in [1.807, 2.05) is 0 Å². The molecule has 5 nitrogen and oxygen atoms in total. The molecule has 1 fully saturated rings. The first kappa shape index (κ1) is 14.5. The van der Waals surface area contributed by atoms with Crippen molar-refractivity contribution in [2.24, 2.45) is 0 Å². The van der Waals surface area contributed by atoms with Crippen molar-refractivity contribution in [3.63, 3.8) is 0 Å². The van der Waals surface area contributed by atoms with E-state index >= 15 is 0 Å². The topological polar surface area (TPSA) is 66.9 Å². The van der Waals surface area contributed by atoms with Crippen molar-refractivity contribution in [2.45, 2.75) is 38.1 Å². The van der Waals surface area contributed by atoms with Crippen LogP contribution in [-0.2, 0) is 4.79 Å². The van der Waals surface area contributed by atoms with Crippen LogP contribution in [0, 0.1) is 0 Å². The van der Waals surface area contributed by atoms with Gasteiger partial charge in [-0.1, -0.05) is 36.5 Å². The fraction of sp³-hybridized carbons (Fsp3) is 0.583. The van der Waals surface area contributed by atoms with Gasteiger partial charge in [0.05, 0.1) is 5.54 Å². The van der Waals surface area contributed by atoms with Crippen molar-refractivity contribution >= 4 is 34.8 Å². The van der Waals surface area contributed by atoms with Gasteiger partial charge >= 0.3 is 0 Å². The fourth-order valence-electron chi connectivity index (χ4n) is 2.43. The molecule has 1 atom stereocenters. The van der Waals surface area contributed by atoms with Gasteiger partial charge in [-0.15, -0.1) is 0 Å². The summed E-state index contributed by atoms with van der Waals surface area (Å²) in [6.07, 6.45) is 4.76. The molecule has 2 N–H and O–H groups in total. The molecule has 1 saturated heterocycles. The van der Waals surface area contributed by atoms with Crippen molar-refractivity contribution in [3.8, 4) is 0 Å². The maximum atomic E-state index is 12.5. The van der Waals surface area contributed by atoms with Crippen molar-refractivity contribution in [1.82, 2.24) is 15.3 Å². The third-order valence-electron chi connectivity index (χ3n) is 3.35. The third-order valence-corrected chi connectivity index (χ3v) is 3.92. The smallest absolute Gasteiger partial charge is 0.244 e. The minimum absolute atomic E-state index is 0.120. The molecule has 1 aliphatic heterocycles. The monoisotopic (exact) mass is 302 g/mol. The molecule has 7 heteroatoms. The Labute approximate surface area is 122 Å². The maximum Gasteiger partial charge on any atom is 0.244 e. The molecule has 104 valence electrons. The van der Waals surface area contributed by atoms with Gasteiger partial charge < -0.3 is 10.6 Å². The molecule has 2 rings (SSSR count). The first-order valence-corrected chi connectivity index (χ1v) is 7.07. The van der Waals surface area contributed by atoms with Crippen LogP contribution < -0.4 is 10.6 Å². The van der Waals surface area contributed by atoms with Gasteiger partial charge in [-0.2, -0.15) is 0 Å². The van der Waals surface area contributed by atoms with E-state index in [0.717, 1.165) is 32.2 Å². The predicted octanol–water partition coefficient (Wildman–Crippen LogP) is 2.64. The minimum Gasteiger partial charge on any atom is -0.319 e. The lowest BCUT2D eigenvalue weighted by Gasteiger charge is -2.28. The molecule has 0 radical (unpaired) electrons. The summed E-state index contributed by atoms with van der Waals surface area (Å²) in [4.78, 5) is 20.1. The summed E-state index contributed by atoms with van der Waals surface area (Å²) in [5, 5.41) is 6.35. The average Bonchev–Trinajstić information content (AvgIpc) is 2.84. The number of nitrogens with one attached hydrogen (secondary N) is 2. The highest BCUT2D eigenvalue weighted by molar-refractivity contribution is 6.38. The number of halogens is 2. The van der Waals surface area contributed by atoms with Crippen LogP contribution in [0.1, 0.15) is 32.6 Å². The molecule has 0 aliphatic carbocycles. The van der Waals surface area contributed by atoms with Crippen molar-refractivity contribution in [1.29, 1.82) is 0 Å². The Hall–Kier alpha value is -0.910. The van der Waals surface area contributed by atoms with Crippen LogP contribution in [0.25, 0.3) is 0 Å². The lowest BCUT2D eigenvalue weighted by Crippen LogP contribution is -2.50. The number of carbonyl (C=O) groups is 1. The van der Waals surface area contributed by atoms with Gasteiger partial charge in [-0.3, -0.25) is 4.79 Å². The van der Waals surface area contributed by atoms with Crippen LogP contribution >= 0.6 is 23.2 Å². The Kier molecular flexibility index (Phi) is 4.60. The molecule has 1 aromatic rings. The quantitative estimate of drug-likeness (QED) is 0.839. The van der Waals surface area contributed by atoms with Crippen LogP contribution in [0.4, 0.5) is 5.69 Å². The lowest BCUT2D eigenvalue weighted by atomic mass is 9.91. The van der Waals surface area contributed by atoms with Gasteiger partial charge in [0.15, 0.2) is 10.3 Å². The Balaban J connectivity index is 2.20. The largest absolute Gasteiger partial charge is 0.319 e. The molecule has 1 amide bonds. The van der Waals surface area contributed by atoms with Gasteiger partial charge in [0.25, 0.3) is 0 Å². The van der Waals surface area contributed by atoms with Crippen LogP contribution in [0.5, 0.6) is 0 Å². The first-order chi connectivity index (χ1) is 9.09. The summed E-state index contributed by atoms with van der Waals surface area (Å²) in [6, 6.07) is 0. The van der Waals surface area contributed by atoms with Gasteiger partial charge in [-0.25, -0.2) is 9.97 Å². The Morgan fingerprint density at radius 2 is 2.16 bits per heavy atom. The molecule has 1 aromatic heterocycles. The molecule has 0 bridgehead atoms. The van der Waals surface area contributed by atoms with Crippen LogP contribution in [0.3, 0.4) is 0 Å². The summed E-state index contributed by atoms with van der Waals surface area (Å²) >= 11 is 11.9. The SMILES string of the molecule is CCCC1(C(=O)Nc2c(Cl)ncnc2Cl)CCCN1. The minimum atomic E-state index is -0.531. The molecule has 19 heavy (non-hydrogen) atoms. The number of anilines is 1. The second kappa shape index (κ2) is 6.03. The second-order valence-electron chi connectivity index (χ2n) is 4.65. The number of rotatable bonds is 4. The van der Waals surface area contributed by atoms with E-state index < -0.39 is 5.54 Å². The van der Waals surface area contributed by atoms with Gasteiger partial charge in [-0.05, 0) is 25.8 Å². The molecule has 0 saturated carbocycles. The number of aromatic nitrogens is 2. The van der Waals surface area contributed by atoms with Crippen LogP contribution in [0.2, 0.25) is 10.3 Å². The molecular formula is C12H16Cl2N4O. The molecule has 0 spiro atoms. The van der Waals surface area contributed by atoms with E-state index in [4.69, 9.17) is 23.2 Å². The first-order valence-electron chi connectivity index (χ1n) is 6.31. The summed E-state index contributed by atoms with van der Waals surface area (Å²) in [7, 11) is 0. The Morgan fingerprint density at radius 1 is 1.47 bits per heavy atom. The van der Waals surface area contributed by atoms with E-state index in [-0.39, 0.29) is 21.9 Å². The summed E-state index contributed by atoms with van der Waals surface area (Å²) < 4.78 is 0. The molecular weight excluding hydrogens is 287 g/mol. The van der Waals surface area contributed by atoms with E-state index in [9.17, 15) is 4.79 Å². The van der Waals surface area contributed by atoms with Gasteiger partial charge in [0.2, 0.25) is 5.91 Å². The highest BCUT2D eigenvalue weighted by Crippen LogP contribution is 2.30. The van der Waals surface area contributed by atoms with Crippen molar-refractivity contribution < 1.29 is 4.79 Å². The lowest BCUT2D eigenvalue weighted by molar-refractivity contribution is -0.122. The number of amides is 1. The number of hydrogen-bond donors (Lipinski definition) is 2. The van der Waals surface area contributed by atoms with E-state index in [0.29, 0.717) is 0 Å². The Bertz CT molecular complexity index is 455. The summed E-state index contributed by atoms with van der Waals surface area (Å²) in [5.74, 6) is -0.120. The predicted molar refractivity (Wildman–Crippen MR) is 75.6 cm³/mol. The number of carbonyl (C=O) groups excluding carboxylic acids is 1. The van der Waals surface area contributed by atoms with Crippen molar-refractivity contribution in [2.75, 3.05) is 11.9 Å². The van der Waals surface area contributed by atoms with Gasteiger partial charge in [0.1, 0.15) is 12.0 Å². The second-order valence-corrected chi connectivity index (χ2v) is 5.36. The zero-order chi connectivity index (χ0) is 13.9. The third kappa shape index (κ3) is 2.99. The average molecular weight is 303 g/mol. The molecule has 1 aliphatic rings. The van der Waals surface area contributed by atoms with E-state index in [1.165, 1.54) is 6.33 Å². The molecule has 1 unspecified atom stereocenters. The van der Waals surface area contributed by atoms with E-state index in [2.05, 4.69) is 27.5 Å². The van der Waals surface area contributed by atoms with Crippen LogP contribution in [-0.4, -0.2) is 28.0 Å².